The molecule has 0 aliphatic carbocycles. The molecule has 1 aromatic rings. The summed E-state index contributed by atoms with van der Waals surface area (Å²) in [5.74, 6) is 2.20. The monoisotopic (exact) mass is 163 g/mol. The highest BCUT2D eigenvalue weighted by molar-refractivity contribution is 5.20. The molecule has 0 fully saturated rings. The molecule has 1 aromatic carbocycles. The van der Waals surface area contributed by atoms with Crippen molar-refractivity contribution in [2.45, 2.75) is 12.5 Å². The highest BCUT2D eigenvalue weighted by atomic mass is 19.1. The van der Waals surface area contributed by atoms with Crippen molar-refractivity contribution in [3.63, 3.8) is 0 Å². The number of benzene rings is 1. The van der Waals surface area contributed by atoms with E-state index >= 15 is 0 Å². The van der Waals surface area contributed by atoms with Crippen molar-refractivity contribution >= 4 is 0 Å². The fraction of sp³-hybridized carbons (Fsp3) is 0.200. The van der Waals surface area contributed by atoms with Gasteiger partial charge in [0.05, 0.1) is 0 Å². The maximum absolute atomic E-state index is 12.5. The van der Waals surface area contributed by atoms with Gasteiger partial charge in [-0.3, -0.25) is 0 Å². The minimum absolute atomic E-state index is 0.185. The maximum Gasteiger partial charge on any atom is 0.123 e. The Bertz CT molecular complexity index is 284. The van der Waals surface area contributed by atoms with Crippen molar-refractivity contribution in [1.82, 2.24) is 0 Å². The van der Waals surface area contributed by atoms with E-state index in [2.05, 4.69) is 5.92 Å². The molecular formula is C10H10FN. The molecule has 0 aromatic heterocycles. The minimum Gasteiger partial charge on any atom is -0.323 e. The Morgan fingerprint density at radius 3 is 2.50 bits per heavy atom. The largest absolute Gasteiger partial charge is 0.323 e. The quantitative estimate of drug-likeness (QED) is 0.661. The molecule has 1 atom stereocenters. The SMILES string of the molecule is C#CCC(N)c1ccc(F)cc1. The Kier molecular flexibility index (Phi) is 2.84. The van der Waals surface area contributed by atoms with Gasteiger partial charge in [0.1, 0.15) is 5.82 Å². The Hall–Kier alpha value is -1.33. The molecule has 0 amide bonds. The van der Waals surface area contributed by atoms with Gasteiger partial charge >= 0.3 is 0 Å². The van der Waals surface area contributed by atoms with Crippen molar-refractivity contribution in [2.24, 2.45) is 5.73 Å². The van der Waals surface area contributed by atoms with Crippen molar-refractivity contribution in [3.8, 4) is 12.3 Å². The van der Waals surface area contributed by atoms with Gasteiger partial charge in [0.15, 0.2) is 0 Å². The van der Waals surface area contributed by atoms with E-state index in [0.29, 0.717) is 6.42 Å². The van der Waals surface area contributed by atoms with E-state index in [0.717, 1.165) is 5.56 Å². The lowest BCUT2D eigenvalue weighted by Gasteiger charge is -2.07. The normalized spacial score (nSPS) is 12.1. The van der Waals surface area contributed by atoms with Crippen LogP contribution in [-0.4, -0.2) is 0 Å². The van der Waals surface area contributed by atoms with Crippen molar-refractivity contribution in [1.29, 1.82) is 0 Å². The number of terminal acetylenes is 1. The fourth-order valence-electron chi connectivity index (χ4n) is 0.955. The van der Waals surface area contributed by atoms with Crippen LogP contribution < -0.4 is 5.73 Å². The van der Waals surface area contributed by atoms with E-state index in [1.807, 2.05) is 0 Å². The molecular weight excluding hydrogens is 153 g/mol. The van der Waals surface area contributed by atoms with E-state index in [1.165, 1.54) is 12.1 Å². The zero-order chi connectivity index (χ0) is 8.97. The Morgan fingerprint density at radius 1 is 1.42 bits per heavy atom. The molecule has 2 heteroatoms. The average molecular weight is 163 g/mol. The highest BCUT2D eigenvalue weighted by Crippen LogP contribution is 2.13. The van der Waals surface area contributed by atoms with E-state index in [9.17, 15) is 4.39 Å². The summed E-state index contributed by atoms with van der Waals surface area (Å²) in [5.41, 5.74) is 6.56. The van der Waals surface area contributed by atoms with Crippen LogP contribution in [0.1, 0.15) is 18.0 Å². The van der Waals surface area contributed by atoms with Crippen LogP contribution in [-0.2, 0) is 0 Å². The first-order chi connectivity index (χ1) is 5.74. The van der Waals surface area contributed by atoms with Crippen LogP contribution in [0.15, 0.2) is 24.3 Å². The van der Waals surface area contributed by atoms with Crippen LogP contribution in [0.2, 0.25) is 0 Å². The second-order valence-electron chi connectivity index (χ2n) is 2.57. The predicted molar refractivity (Wildman–Crippen MR) is 46.8 cm³/mol. The summed E-state index contributed by atoms with van der Waals surface area (Å²) in [5, 5.41) is 0. The van der Waals surface area contributed by atoms with Gasteiger partial charge in [0, 0.05) is 12.5 Å². The summed E-state index contributed by atoms with van der Waals surface area (Å²) in [6.07, 6.45) is 5.57. The van der Waals surface area contributed by atoms with Gasteiger partial charge in [-0.15, -0.1) is 12.3 Å². The first-order valence-electron chi connectivity index (χ1n) is 3.68. The lowest BCUT2D eigenvalue weighted by atomic mass is 10.1. The second kappa shape index (κ2) is 3.89. The molecule has 0 spiro atoms. The summed E-state index contributed by atoms with van der Waals surface area (Å²) in [6, 6.07) is 5.88. The molecule has 12 heavy (non-hydrogen) atoms. The van der Waals surface area contributed by atoms with Gasteiger partial charge in [-0.05, 0) is 17.7 Å². The molecule has 0 radical (unpaired) electrons. The van der Waals surface area contributed by atoms with E-state index in [-0.39, 0.29) is 11.9 Å². The third-order valence-corrected chi connectivity index (χ3v) is 1.64. The zero-order valence-electron chi connectivity index (χ0n) is 6.63. The van der Waals surface area contributed by atoms with E-state index in [1.54, 1.807) is 12.1 Å². The third kappa shape index (κ3) is 2.08. The number of hydrogen-bond acceptors (Lipinski definition) is 1. The standard InChI is InChI=1S/C10H10FN/c1-2-3-10(12)8-4-6-9(11)7-5-8/h1,4-7,10H,3,12H2. The second-order valence-corrected chi connectivity index (χ2v) is 2.57. The summed E-state index contributed by atoms with van der Waals surface area (Å²) < 4.78 is 12.5. The van der Waals surface area contributed by atoms with Gasteiger partial charge in [-0.1, -0.05) is 12.1 Å². The summed E-state index contributed by atoms with van der Waals surface area (Å²) in [4.78, 5) is 0. The first kappa shape index (κ1) is 8.76. The van der Waals surface area contributed by atoms with Crippen LogP contribution >= 0.6 is 0 Å². The summed E-state index contributed by atoms with van der Waals surface area (Å²) in [7, 11) is 0. The number of hydrogen-bond donors (Lipinski definition) is 1. The van der Waals surface area contributed by atoms with E-state index < -0.39 is 0 Å². The third-order valence-electron chi connectivity index (χ3n) is 1.64. The molecule has 0 heterocycles. The number of rotatable bonds is 2. The van der Waals surface area contributed by atoms with Gasteiger partial charge in [0.2, 0.25) is 0 Å². The molecule has 1 nitrogen and oxygen atoms in total. The minimum atomic E-state index is -0.258. The van der Waals surface area contributed by atoms with Gasteiger partial charge < -0.3 is 5.73 Å². The van der Waals surface area contributed by atoms with Crippen LogP contribution in [0, 0.1) is 18.2 Å². The molecule has 62 valence electrons. The summed E-state index contributed by atoms with van der Waals surface area (Å²) >= 11 is 0. The average Bonchev–Trinajstić information content (AvgIpc) is 2.06. The number of nitrogens with two attached hydrogens (primary N) is 1. The van der Waals surface area contributed by atoms with Crippen LogP contribution in [0.3, 0.4) is 0 Å². The zero-order valence-corrected chi connectivity index (χ0v) is 6.63. The molecule has 1 unspecified atom stereocenters. The number of halogens is 1. The Labute approximate surface area is 71.4 Å². The molecule has 1 rings (SSSR count). The lowest BCUT2D eigenvalue weighted by molar-refractivity contribution is 0.625. The molecule has 0 bridgehead atoms. The van der Waals surface area contributed by atoms with E-state index in [4.69, 9.17) is 12.2 Å². The Morgan fingerprint density at radius 2 is 2.00 bits per heavy atom. The van der Waals surface area contributed by atoms with Gasteiger partial charge in [-0.25, -0.2) is 4.39 Å². The van der Waals surface area contributed by atoms with Crippen LogP contribution in [0.5, 0.6) is 0 Å². The van der Waals surface area contributed by atoms with Gasteiger partial charge in [-0.2, -0.15) is 0 Å². The topological polar surface area (TPSA) is 26.0 Å². The molecule has 0 saturated heterocycles. The smallest absolute Gasteiger partial charge is 0.123 e. The highest BCUT2D eigenvalue weighted by Gasteiger charge is 2.02. The van der Waals surface area contributed by atoms with Gasteiger partial charge in [0.25, 0.3) is 0 Å². The van der Waals surface area contributed by atoms with Crippen molar-refractivity contribution < 1.29 is 4.39 Å². The van der Waals surface area contributed by atoms with Crippen LogP contribution in [0.25, 0.3) is 0 Å². The summed E-state index contributed by atoms with van der Waals surface area (Å²) in [6.45, 7) is 0. The lowest BCUT2D eigenvalue weighted by Crippen LogP contribution is -2.08. The predicted octanol–water partition coefficient (Wildman–Crippen LogP) is 1.85. The van der Waals surface area contributed by atoms with Crippen molar-refractivity contribution in [2.75, 3.05) is 0 Å². The van der Waals surface area contributed by atoms with Crippen LogP contribution in [0.4, 0.5) is 4.39 Å². The molecule has 2 N–H and O–H groups in total. The molecule has 0 aliphatic rings. The maximum atomic E-state index is 12.5. The molecule has 0 aliphatic heterocycles. The van der Waals surface area contributed by atoms with Crippen molar-refractivity contribution in [3.05, 3.63) is 35.6 Å². The fourth-order valence-corrected chi connectivity index (χ4v) is 0.955. The molecule has 0 saturated carbocycles. The Balaban J connectivity index is 2.76. The first-order valence-corrected chi connectivity index (χ1v) is 3.68.